The summed E-state index contributed by atoms with van der Waals surface area (Å²) >= 11 is 6.10. The fourth-order valence-corrected chi connectivity index (χ4v) is 5.10. The average Bonchev–Trinajstić information content (AvgIpc) is 3.27. The average molecular weight is 483 g/mol. The highest BCUT2D eigenvalue weighted by Crippen LogP contribution is 2.43. The molecule has 0 saturated heterocycles. The molecule has 1 N–H and O–H groups in total. The lowest BCUT2D eigenvalue weighted by atomic mass is 9.78. The third kappa shape index (κ3) is 4.81. The van der Waals surface area contributed by atoms with Gasteiger partial charge in [0, 0.05) is 17.3 Å². The molecule has 1 aliphatic carbocycles. The van der Waals surface area contributed by atoms with Crippen molar-refractivity contribution >= 4 is 34.8 Å². The van der Waals surface area contributed by atoms with E-state index in [4.69, 9.17) is 16.3 Å². The maximum Gasteiger partial charge on any atom is 0.236 e. The summed E-state index contributed by atoms with van der Waals surface area (Å²) < 4.78 is 6.04. The second kappa shape index (κ2) is 9.61. The molecular weight excluding hydrogens is 448 g/mol. The zero-order chi connectivity index (χ0) is 24.5. The van der Waals surface area contributed by atoms with Gasteiger partial charge >= 0.3 is 0 Å². The minimum Gasteiger partial charge on any atom is -0.490 e. The summed E-state index contributed by atoms with van der Waals surface area (Å²) in [6, 6.07) is 13.3. The molecule has 0 aromatic heterocycles. The SMILES string of the molecule is CC(C)CCN1C(=O)C(C)(C)COc2ccc(NC(=O)C3(c4ccc(Cl)cc4)CCCC3)cc21. The standard InChI is InChI=1S/C28H35ClN2O3/c1-19(2)13-16-31-23-17-22(11-12-24(23)34-18-27(3,4)26(31)33)30-25(32)28(14-5-6-15-28)20-7-9-21(29)10-8-20/h7-12,17,19H,5-6,13-16,18H2,1-4H3,(H,30,32). The summed E-state index contributed by atoms with van der Waals surface area (Å²) in [5, 5.41) is 3.83. The van der Waals surface area contributed by atoms with Crippen LogP contribution in [0.3, 0.4) is 0 Å². The smallest absolute Gasteiger partial charge is 0.236 e. The molecule has 6 heteroatoms. The normalized spacial score (nSPS) is 18.9. The second-order valence-electron chi connectivity index (χ2n) is 10.7. The van der Waals surface area contributed by atoms with Gasteiger partial charge in [-0.25, -0.2) is 0 Å². The predicted octanol–water partition coefficient (Wildman–Crippen LogP) is 6.59. The summed E-state index contributed by atoms with van der Waals surface area (Å²) in [7, 11) is 0. The van der Waals surface area contributed by atoms with Crippen LogP contribution in [0.4, 0.5) is 11.4 Å². The molecule has 2 amide bonds. The van der Waals surface area contributed by atoms with Crippen LogP contribution in [0.15, 0.2) is 42.5 Å². The molecule has 34 heavy (non-hydrogen) atoms. The predicted molar refractivity (Wildman–Crippen MR) is 138 cm³/mol. The monoisotopic (exact) mass is 482 g/mol. The van der Waals surface area contributed by atoms with Crippen molar-refractivity contribution in [3.05, 3.63) is 53.1 Å². The lowest BCUT2D eigenvalue weighted by molar-refractivity contribution is -0.127. The number of hydrogen-bond donors (Lipinski definition) is 1. The summed E-state index contributed by atoms with van der Waals surface area (Å²) in [5.74, 6) is 1.17. The molecule has 182 valence electrons. The molecule has 5 nitrogen and oxygen atoms in total. The first-order valence-corrected chi connectivity index (χ1v) is 12.7. The minimum atomic E-state index is -0.623. The Bertz CT molecular complexity index is 1060. The Balaban J connectivity index is 1.65. The van der Waals surface area contributed by atoms with E-state index in [0.29, 0.717) is 35.5 Å². The molecular formula is C28H35ClN2O3. The number of ether oxygens (including phenoxy) is 1. The Morgan fingerprint density at radius 1 is 1.12 bits per heavy atom. The van der Waals surface area contributed by atoms with Crippen LogP contribution < -0.4 is 15.0 Å². The summed E-state index contributed by atoms with van der Waals surface area (Å²) in [6.45, 7) is 9.08. The van der Waals surface area contributed by atoms with Gasteiger partial charge in [0.25, 0.3) is 0 Å². The maximum atomic E-state index is 13.7. The molecule has 0 bridgehead atoms. The second-order valence-corrected chi connectivity index (χ2v) is 11.2. The fourth-order valence-electron chi connectivity index (χ4n) is 4.98. The number of carbonyl (C=O) groups excluding carboxylic acids is 2. The van der Waals surface area contributed by atoms with E-state index < -0.39 is 10.8 Å². The Kier molecular flexibility index (Phi) is 6.95. The Morgan fingerprint density at radius 2 is 1.79 bits per heavy atom. The van der Waals surface area contributed by atoms with Crippen molar-refractivity contribution < 1.29 is 14.3 Å². The van der Waals surface area contributed by atoms with Gasteiger partial charge in [-0.3, -0.25) is 9.59 Å². The third-order valence-electron chi connectivity index (χ3n) is 7.14. The van der Waals surface area contributed by atoms with Gasteiger partial charge in [0.2, 0.25) is 11.8 Å². The molecule has 2 aromatic rings. The van der Waals surface area contributed by atoms with E-state index in [-0.39, 0.29) is 11.8 Å². The van der Waals surface area contributed by atoms with Gasteiger partial charge in [-0.2, -0.15) is 0 Å². The number of carbonyl (C=O) groups is 2. The molecule has 0 spiro atoms. The number of fused-ring (bicyclic) bond motifs is 1. The number of benzene rings is 2. The van der Waals surface area contributed by atoms with Crippen LogP contribution in [0.2, 0.25) is 5.02 Å². The van der Waals surface area contributed by atoms with Gasteiger partial charge < -0.3 is 15.0 Å². The summed E-state index contributed by atoms with van der Waals surface area (Å²) in [5.41, 5.74) is 1.21. The van der Waals surface area contributed by atoms with E-state index in [1.54, 1.807) is 0 Å². The highest BCUT2D eigenvalue weighted by Gasteiger charge is 2.43. The van der Waals surface area contributed by atoms with Crippen molar-refractivity contribution in [3.8, 4) is 5.75 Å². The third-order valence-corrected chi connectivity index (χ3v) is 7.39. The molecule has 0 atom stereocenters. The van der Waals surface area contributed by atoms with E-state index in [2.05, 4.69) is 19.2 Å². The van der Waals surface area contributed by atoms with Crippen molar-refractivity contribution in [2.45, 2.75) is 65.2 Å². The lowest BCUT2D eigenvalue weighted by Crippen LogP contribution is -2.43. The van der Waals surface area contributed by atoms with Crippen LogP contribution in [-0.2, 0) is 15.0 Å². The van der Waals surface area contributed by atoms with E-state index in [0.717, 1.165) is 43.4 Å². The fraction of sp³-hybridized carbons (Fsp3) is 0.500. The van der Waals surface area contributed by atoms with Crippen molar-refractivity contribution in [2.75, 3.05) is 23.4 Å². The van der Waals surface area contributed by atoms with E-state index in [9.17, 15) is 9.59 Å². The Morgan fingerprint density at radius 3 is 2.44 bits per heavy atom. The minimum absolute atomic E-state index is 0.0119. The van der Waals surface area contributed by atoms with Crippen LogP contribution in [0.5, 0.6) is 5.75 Å². The molecule has 1 fully saturated rings. The molecule has 0 unspecified atom stereocenters. The van der Waals surface area contributed by atoms with Gasteiger partial charge in [0.1, 0.15) is 12.4 Å². The Labute approximate surface area is 207 Å². The van der Waals surface area contributed by atoms with Crippen LogP contribution in [-0.4, -0.2) is 25.0 Å². The van der Waals surface area contributed by atoms with Gasteiger partial charge in [-0.1, -0.05) is 50.4 Å². The molecule has 1 heterocycles. The number of halogens is 1. The maximum absolute atomic E-state index is 13.7. The van der Waals surface area contributed by atoms with Crippen LogP contribution in [0.25, 0.3) is 0 Å². The number of anilines is 2. The molecule has 1 saturated carbocycles. The van der Waals surface area contributed by atoms with Crippen molar-refractivity contribution in [2.24, 2.45) is 11.3 Å². The topological polar surface area (TPSA) is 58.6 Å². The molecule has 1 aliphatic heterocycles. The van der Waals surface area contributed by atoms with Crippen LogP contribution in [0, 0.1) is 11.3 Å². The van der Waals surface area contributed by atoms with Gasteiger partial charge in [0.05, 0.1) is 16.5 Å². The first-order valence-electron chi connectivity index (χ1n) is 12.3. The summed E-state index contributed by atoms with van der Waals surface area (Å²) in [6.07, 6.45) is 4.53. The largest absolute Gasteiger partial charge is 0.490 e. The van der Waals surface area contributed by atoms with Crippen LogP contribution in [0.1, 0.15) is 65.4 Å². The zero-order valence-electron chi connectivity index (χ0n) is 20.6. The number of rotatable bonds is 6. The van der Waals surface area contributed by atoms with Crippen LogP contribution >= 0.6 is 11.6 Å². The van der Waals surface area contributed by atoms with E-state index >= 15 is 0 Å². The highest BCUT2D eigenvalue weighted by atomic mass is 35.5. The number of amides is 2. The molecule has 4 rings (SSSR count). The quantitative estimate of drug-likeness (QED) is 0.505. The van der Waals surface area contributed by atoms with E-state index in [1.807, 2.05) is 61.2 Å². The highest BCUT2D eigenvalue weighted by molar-refractivity contribution is 6.30. The number of nitrogens with one attached hydrogen (secondary N) is 1. The molecule has 0 radical (unpaired) electrons. The summed E-state index contributed by atoms with van der Waals surface area (Å²) in [4.78, 5) is 28.9. The van der Waals surface area contributed by atoms with Gasteiger partial charge in [0.15, 0.2) is 0 Å². The Hall–Kier alpha value is -2.53. The van der Waals surface area contributed by atoms with Crippen molar-refractivity contribution in [3.63, 3.8) is 0 Å². The van der Waals surface area contributed by atoms with Gasteiger partial charge in [-0.05, 0) is 74.9 Å². The van der Waals surface area contributed by atoms with Crippen molar-refractivity contribution in [1.29, 1.82) is 0 Å². The molecule has 2 aliphatic rings. The lowest BCUT2D eigenvalue weighted by Gasteiger charge is -2.30. The van der Waals surface area contributed by atoms with Gasteiger partial charge in [-0.15, -0.1) is 0 Å². The first-order chi connectivity index (χ1) is 16.1. The number of nitrogens with zero attached hydrogens (tertiary/aromatic N) is 1. The number of hydrogen-bond acceptors (Lipinski definition) is 3. The molecule has 2 aromatic carbocycles. The zero-order valence-corrected chi connectivity index (χ0v) is 21.4. The van der Waals surface area contributed by atoms with Crippen molar-refractivity contribution in [1.82, 2.24) is 0 Å². The first kappa shape index (κ1) is 24.6. The van der Waals surface area contributed by atoms with E-state index in [1.165, 1.54) is 0 Å².